The number of aliphatic carboxylic acids is 1. The largest absolute Gasteiger partial charge is 0.497 e. The predicted molar refractivity (Wildman–Crippen MR) is 134 cm³/mol. The molecule has 1 aromatic heterocycles. The van der Waals surface area contributed by atoms with Gasteiger partial charge in [-0.25, -0.2) is 4.98 Å². The Morgan fingerprint density at radius 2 is 1.85 bits per heavy atom. The summed E-state index contributed by atoms with van der Waals surface area (Å²) in [6.07, 6.45) is 5.22. The highest BCUT2D eigenvalue weighted by molar-refractivity contribution is 5.96. The van der Waals surface area contributed by atoms with Crippen LogP contribution in [0.3, 0.4) is 0 Å². The summed E-state index contributed by atoms with van der Waals surface area (Å²) in [4.78, 5) is 18.1. The second-order valence-corrected chi connectivity index (χ2v) is 8.89. The molecule has 1 aliphatic rings. The molecule has 0 fully saturated rings. The van der Waals surface area contributed by atoms with Crippen molar-refractivity contribution in [3.63, 3.8) is 0 Å². The van der Waals surface area contributed by atoms with Crippen molar-refractivity contribution in [3.8, 4) is 5.75 Å². The summed E-state index contributed by atoms with van der Waals surface area (Å²) in [6, 6.07) is 13.5. The van der Waals surface area contributed by atoms with Crippen LogP contribution in [-0.2, 0) is 9.53 Å². The first kappa shape index (κ1) is 23.4. The Hall–Kier alpha value is -3.80. The minimum absolute atomic E-state index is 0.0637. The van der Waals surface area contributed by atoms with Gasteiger partial charge in [-0.3, -0.25) is 4.79 Å². The van der Waals surface area contributed by atoms with Crippen molar-refractivity contribution in [1.29, 1.82) is 0 Å². The number of methoxy groups -OCH3 is 2. The van der Waals surface area contributed by atoms with Gasteiger partial charge in [-0.2, -0.15) is 0 Å². The third kappa shape index (κ3) is 3.69. The number of fused-ring (bicyclic) bond motifs is 1. The van der Waals surface area contributed by atoms with Crippen LogP contribution in [0.2, 0.25) is 0 Å². The summed E-state index contributed by atoms with van der Waals surface area (Å²) in [6.45, 7) is 10.5. The van der Waals surface area contributed by atoms with Gasteiger partial charge >= 0.3 is 5.97 Å². The van der Waals surface area contributed by atoms with Crippen LogP contribution >= 0.6 is 0 Å². The summed E-state index contributed by atoms with van der Waals surface area (Å²) in [7, 11) is 3.17. The van der Waals surface area contributed by atoms with Crippen molar-refractivity contribution in [2.45, 2.75) is 32.7 Å². The standard InChI is InChI=1S/C28H30N2O4/c1-17(2)30-25-12-7-18(3)15-24(25)29-26(30)23-16-22(34-6)13-14-28(23,27(31)32)19(4)20-8-10-21(33-5)11-9-20/h7-17,23H,4H2,1-3,5-6H3,(H,31,32). The Morgan fingerprint density at radius 3 is 2.44 bits per heavy atom. The van der Waals surface area contributed by atoms with Crippen LogP contribution < -0.4 is 4.74 Å². The van der Waals surface area contributed by atoms with Gasteiger partial charge in [0.05, 0.1) is 31.2 Å². The fraction of sp³-hybridized carbons (Fsp3) is 0.286. The third-order valence-electron chi connectivity index (χ3n) is 6.53. The van der Waals surface area contributed by atoms with E-state index in [0.717, 1.165) is 22.2 Å². The molecular weight excluding hydrogens is 428 g/mol. The van der Waals surface area contributed by atoms with Gasteiger partial charge < -0.3 is 19.1 Å². The van der Waals surface area contributed by atoms with E-state index in [-0.39, 0.29) is 6.04 Å². The molecule has 0 radical (unpaired) electrons. The molecule has 1 N–H and O–H groups in total. The van der Waals surface area contributed by atoms with Gasteiger partial charge in [-0.05, 0) is 73.9 Å². The SMILES string of the molecule is C=C(c1ccc(OC)cc1)C1(C(=O)O)C=CC(OC)=CC1c1nc2cc(C)ccc2n1C(C)C. The Kier molecular flexibility index (Phi) is 6.09. The molecule has 176 valence electrons. The molecule has 0 aliphatic heterocycles. The van der Waals surface area contributed by atoms with Crippen molar-refractivity contribution >= 4 is 22.6 Å². The van der Waals surface area contributed by atoms with Gasteiger partial charge in [0, 0.05) is 6.04 Å². The van der Waals surface area contributed by atoms with Crippen molar-refractivity contribution in [2.24, 2.45) is 5.41 Å². The second-order valence-electron chi connectivity index (χ2n) is 8.89. The highest BCUT2D eigenvalue weighted by atomic mass is 16.5. The summed E-state index contributed by atoms with van der Waals surface area (Å²) in [5.41, 5.74) is 2.62. The summed E-state index contributed by atoms with van der Waals surface area (Å²) >= 11 is 0. The molecule has 1 aliphatic carbocycles. The predicted octanol–water partition coefficient (Wildman–Crippen LogP) is 5.90. The minimum Gasteiger partial charge on any atom is -0.497 e. The number of carboxylic acid groups (broad SMARTS) is 1. The van der Waals surface area contributed by atoms with E-state index < -0.39 is 17.3 Å². The van der Waals surface area contributed by atoms with Crippen LogP contribution in [0.1, 0.15) is 42.8 Å². The molecule has 1 heterocycles. The number of allylic oxidation sites excluding steroid dienone is 2. The average molecular weight is 459 g/mol. The average Bonchev–Trinajstić information content (AvgIpc) is 3.21. The molecule has 2 aromatic carbocycles. The molecule has 2 atom stereocenters. The monoisotopic (exact) mass is 458 g/mol. The molecule has 0 saturated heterocycles. The maximum atomic E-state index is 13.1. The number of aryl methyl sites for hydroxylation is 1. The zero-order valence-electron chi connectivity index (χ0n) is 20.2. The van der Waals surface area contributed by atoms with E-state index in [0.29, 0.717) is 22.9 Å². The number of ether oxygens (including phenoxy) is 2. The third-order valence-corrected chi connectivity index (χ3v) is 6.53. The number of hydrogen-bond acceptors (Lipinski definition) is 4. The lowest BCUT2D eigenvalue weighted by atomic mass is 9.65. The van der Waals surface area contributed by atoms with Crippen molar-refractivity contribution in [3.05, 3.63) is 90.0 Å². The smallest absolute Gasteiger partial charge is 0.319 e. The molecule has 2 unspecified atom stereocenters. The highest BCUT2D eigenvalue weighted by Gasteiger charge is 2.50. The zero-order valence-corrected chi connectivity index (χ0v) is 20.2. The number of rotatable bonds is 7. The van der Waals surface area contributed by atoms with Crippen molar-refractivity contribution in [1.82, 2.24) is 9.55 Å². The molecule has 0 spiro atoms. The van der Waals surface area contributed by atoms with Gasteiger partial charge in [-0.15, -0.1) is 0 Å². The van der Waals surface area contributed by atoms with Crippen LogP contribution in [-0.4, -0.2) is 34.8 Å². The number of carbonyl (C=O) groups is 1. The van der Waals surface area contributed by atoms with E-state index >= 15 is 0 Å². The molecule has 0 saturated carbocycles. The minimum atomic E-state index is -1.46. The Bertz CT molecular complexity index is 1310. The van der Waals surface area contributed by atoms with Gasteiger partial charge in [-0.1, -0.05) is 30.9 Å². The second kappa shape index (κ2) is 8.86. The zero-order chi connectivity index (χ0) is 24.6. The molecule has 6 heteroatoms. The van der Waals surface area contributed by atoms with Crippen LogP contribution in [0.15, 0.2) is 73.0 Å². The van der Waals surface area contributed by atoms with E-state index in [1.807, 2.05) is 43.3 Å². The summed E-state index contributed by atoms with van der Waals surface area (Å²) in [5.74, 6) is 0.291. The number of aromatic nitrogens is 2. The number of hydrogen-bond donors (Lipinski definition) is 1. The summed E-state index contributed by atoms with van der Waals surface area (Å²) in [5, 5.41) is 10.7. The lowest BCUT2D eigenvalue weighted by Crippen LogP contribution is -2.39. The fourth-order valence-corrected chi connectivity index (χ4v) is 4.73. The first-order valence-electron chi connectivity index (χ1n) is 11.2. The number of benzene rings is 2. The van der Waals surface area contributed by atoms with E-state index in [2.05, 4.69) is 25.0 Å². The Balaban J connectivity index is 1.98. The van der Waals surface area contributed by atoms with Gasteiger partial charge in [0.25, 0.3) is 0 Å². The lowest BCUT2D eigenvalue weighted by molar-refractivity contribution is -0.143. The number of imidazole rings is 1. The van der Waals surface area contributed by atoms with E-state index in [4.69, 9.17) is 14.5 Å². The maximum Gasteiger partial charge on any atom is 0.319 e. The quantitative estimate of drug-likeness (QED) is 0.477. The van der Waals surface area contributed by atoms with E-state index in [9.17, 15) is 9.90 Å². The van der Waals surface area contributed by atoms with Crippen LogP contribution in [0.5, 0.6) is 5.75 Å². The van der Waals surface area contributed by atoms with Gasteiger partial charge in [0.1, 0.15) is 22.7 Å². The number of nitrogens with zero attached hydrogens (tertiary/aromatic N) is 2. The first-order valence-corrected chi connectivity index (χ1v) is 11.2. The van der Waals surface area contributed by atoms with Crippen LogP contribution in [0.4, 0.5) is 0 Å². The molecule has 3 aromatic rings. The van der Waals surface area contributed by atoms with Crippen molar-refractivity contribution < 1.29 is 19.4 Å². The molecule has 0 bridgehead atoms. The van der Waals surface area contributed by atoms with Gasteiger partial charge in [0.2, 0.25) is 0 Å². The topological polar surface area (TPSA) is 73.6 Å². The van der Waals surface area contributed by atoms with E-state index in [1.165, 1.54) is 0 Å². The van der Waals surface area contributed by atoms with Crippen LogP contribution in [0, 0.1) is 12.3 Å². The highest BCUT2D eigenvalue weighted by Crippen LogP contribution is 2.51. The maximum absolute atomic E-state index is 13.1. The van der Waals surface area contributed by atoms with Crippen molar-refractivity contribution in [2.75, 3.05) is 14.2 Å². The Morgan fingerprint density at radius 1 is 1.15 bits per heavy atom. The Labute approximate surface area is 199 Å². The number of carboxylic acids is 1. The fourth-order valence-electron chi connectivity index (χ4n) is 4.73. The van der Waals surface area contributed by atoms with Crippen LogP contribution in [0.25, 0.3) is 16.6 Å². The normalized spacial score (nSPS) is 19.8. The molecule has 0 amide bonds. The first-order chi connectivity index (χ1) is 16.2. The van der Waals surface area contributed by atoms with E-state index in [1.54, 1.807) is 38.5 Å². The molecule has 4 rings (SSSR count). The lowest BCUT2D eigenvalue weighted by Gasteiger charge is -2.37. The molecular formula is C28H30N2O4. The summed E-state index contributed by atoms with van der Waals surface area (Å²) < 4.78 is 12.9. The van der Waals surface area contributed by atoms with Gasteiger partial charge in [0.15, 0.2) is 0 Å². The molecule has 6 nitrogen and oxygen atoms in total. The molecule has 34 heavy (non-hydrogen) atoms.